The van der Waals surface area contributed by atoms with Gasteiger partial charge in [0.1, 0.15) is 18.8 Å². The van der Waals surface area contributed by atoms with Gasteiger partial charge < -0.3 is 19.7 Å². The molecule has 0 unspecified atom stereocenters. The number of carbonyl (C=O) groups is 1. The quantitative estimate of drug-likeness (QED) is 0.715. The minimum Gasteiger partial charge on any atom is -0.484 e. The first kappa shape index (κ1) is 17.1. The molecule has 0 radical (unpaired) electrons. The second-order valence-electron chi connectivity index (χ2n) is 5.52. The highest BCUT2D eigenvalue weighted by Gasteiger charge is 2.13. The average molecular weight is 328 g/mol. The maximum atomic E-state index is 11.7. The minimum atomic E-state index is -0.0930. The van der Waals surface area contributed by atoms with Crippen molar-refractivity contribution < 1.29 is 19.2 Å². The fourth-order valence-corrected chi connectivity index (χ4v) is 2.50. The molecule has 1 saturated heterocycles. The van der Waals surface area contributed by atoms with Crippen LogP contribution in [0.4, 0.5) is 0 Å². The molecule has 122 valence electrons. The van der Waals surface area contributed by atoms with Crippen LogP contribution in [-0.4, -0.2) is 51.9 Å². The topological polar surface area (TPSA) is 52.0 Å². The molecule has 0 spiro atoms. The van der Waals surface area contributed by atoms with Gasteiger partial charge in [0.15, 0.2) is 6.61 Å². The van der Waals surface area contributed by atoms with Gasteiger partial charge >= 0.3 is 0 Å². The molecule has 0 aromatic heterocycles. The zero-order chi connectivity index (χ0) is 15.8. The van der Waals surface area contributed by atoms with E-state index in [0.29, 0.717) is 17.3 Å². The van der Waals surface area contributed by atoms with E-state index in [0.717, 1.165) is 44.8 Å². The Labute approximate surface area is 136 Å². The van der Waals surface area contributed by atoms with Crippen LogP contribution in [0.2, 0.25) is 5.02 Å². The Kier molecular flexibility index (Phi) is 6.96. The predicted molar refractivity (Wildman–Crippen MR) is 85.7 cm³/mol. The molecular formula is C16H24ClN2O3+. The zero-order valence-corrected chi connectivity index (χ0v) is 13.7. The molecule has 5 nitrogen and oxygen atoms in total. The molecule has 6 heteroatoms. The van der Waals surface area contributed by atoms with Crippen molar-refractivity contribution in [1.82, 2.24) is 5.32 Å². The molecular weight excluding hydrogens is 304 g/mol. The van der Waals surface area contributed by atoms with Crippen molar-refractivity contribution in [2.45, 2.75) is 13.3 Å². The van der Waals surface area contributed by atoms with Gasteiger partial charge in [0.2, 0.25) is 0 Å². The third-order valence-corrected chi connectivity index (χ3v) is 4.15. The first-order chi connectivity index (χ1) is 10.6. The van der Waals surface area contributed by atoms with E-state index < -0.39 is 0 Å². The molecule has 0 saturated carbocycles. The lowest BCUT2D eigenvalue weighted by Gasteiger charge is -2.23. The van der Waals surface area contributed by atoms with Crippen molar-refractivity contribution in [1.29, 1.82) is 0 Å². The van der Waals surface area contributed by atoms with Crippen molar-refractivity contribution in [3.63, 3.8) is 0 Å². The minimum absolute atomic E-state index is 0.0332. The lowest BCUT2D eigenvalue weighted by Crippen LogP contribution is -3.14. The Balaban J connectivity index is 1.58. The SMILES string of the molecule is Cc1cc(OCC(=O)NCCC[NH+]2CCOCC2)ccc1Cl. The second kappa shape index (κ2) is 8.98. The van der Waals surface area contributed by atoms with Crippen LogP contribution in [0.25, 0.3) is 0 Å². The van der Waals surface area contributed by atoms with Crippen LogP contribution in [0.15, 0.2) is 18.2 Å². The van der Waals surface area contributed by atoms with Crippen LogP contribution < -0.4 is 15.0 Å². The van der Waals surface area contributed by atoms with Crippen LogP contribution in [0, 0.1) is 6.92 Å². The number of hydrogen-bond acceptors (Lipinski definition) is 3. The Hall–Kier alpha value is -1.30. The number of hydrogen-bond donors (Lipinski definition) is 2. The molecule has 1 aliphatic rings. The van der Waals surface area contributed by atoms with Crippen molar-refractivity contribution in [3.05, 3.63) is 28.8 Å². The van der Waals surface area contributed by atoms with Gasteiger partial charge in [-0.15, -0.1) is 0 Å². The van der Waals surface area contributed by atoms with Gasteiger partial charge in [-0.2, -0.15) is 0 Å². The van der Waals surface area contributed by atoms with E-state index in [1.54, 1.807) is 17.0 Å². The molecule has 1 aromatic rings. The Morgan fingerprint density at radius 1 is 1.41 bits per heavy atom. The largest absolute Gasteiger partial charge is 0.484 e. The number of morpholine rings is 1. The number of aryl methyl sites for hydroxylation is 1. The Morgan fingerprint density at radius 2 is 2.18 bits per heavy atom. The molecule has 1 aliphatic heterocycles. The summed E-state index contributed by atoms with van der Waals surface area (Å²) in [5.41, 5.74) is 0.938. The van der Waals surface area contributed by atoms with Crippen molar-refractivity contribution in [2.75, 3.05) is 46.0 Å². The first-order valence-electron chi connectivity index (χ1n) is 7.72. The third-order valence-electron chi connectivity index (χ3n) is 3.73. The Bertz CT molecular complexity index is 490. The molecule has 2 N–H and O–H groups in total. The lowest BCUT2D eigenvalue weighted by atomic mass is 10.2. The van der Waals surface area contributed by atoms with Crippen LogP contribution >= 0.6 is 11.6 Å². The van der Waals surface area contributed by atoms with E-state index in [1.807, 2.05) is 13.0 Å². The third kappa shape index (κ3) is 5.83. The average Bonchev–Trinajstić information content (AvgIpc) is 2.54. The van der Waals surface area contributed by atoms with Crippen molar-refractivity contribution in [2.24, 2.45) is 0 Å². The van der Waals surface area contributed by atoms with Crippen LogP contribution in [-0.2, 0) is 9.53 Å². The van der Waals surface area contributed by atoms with E-state index in [-0.39, 0.29) is 12.5 Å². The fraction of sp³-hybridized carbons (Fsp3) is 0.562. The molecule has 0 bridgehead atoms. The number of ether oxygens (including phenoxy) is 2. The molecule has 2 rings (SSSR count). The molecule has 22 heavy (non-hydrogen) atoms. The highest BCUT2D eigenvalue weighted by molar-refractivity contribution is 6.31. The summed E-state index contributed by atoms with van der Waals surface area (Å²) in [5.74, 6) is 0.569. The fourth-order valence-electron chi connectivity index (χ4n) is 2.38. The monoisotopic (exact) mass is 327 g/mol. The standard InChI is InChI=1S/C16H23ClN2O3/c1-13-11-14(3-4-15(13)17)22-12-16(20)18-5-2-6-19-7-9-21-10-8-19/h3-4,11H,2,5-10,12H2,1H3,(H,18,20)/p+1. The summed E-state index contributed by atoms with van der Waals surface area (Å²) in [5, 5.41) is 3.58. The smallest absolute Gasteiger partial charge is 0.257 e. The van der Waals surface area contributed by atoms with Crippen LogP contribution in [0.5, 0.6) is 5.75 Å². The second-order valence-corrected chi connectivity index (χ2v) is 5.92. The van der Waals surface area contributed by atoms with Gasteiger partial charge in [-0.05, 0) is 30.7 Å². The number of rotatable bonds is 7. The molecule has 1 fully saturated rings. The van der Waals surface area contributed by atoms with Crippen molar-refractivity contribution in [3.8, 4) is 5.75 Å². The number of quaternary nitrogens is 1. The highest BCUT2D eigenvalue weighted by Crippen LogP contribution is 2.20. The summed E-state index contributed by atoms with van der Waals surface area (Å²) < 4.78 is 10.8. The summed E-state index contributed by atoms with van der Waals surface area (Å²) in [6.07, 6.45) is 0.973. The van der Waals surface area contributed by atoms with Gasteiger partial charge in [0.25, 0.3) is 5.91 Å². The van der Waals surface area contributed by atoms with Crippen LogP contribution in [0.3, 0.4) is 0 Å². The maximum Gasteiger partial charge on any atom is 0.257 e. The summed E-state index contributed by atoms with van der Waals surface area (Å²) in [6.45, 7) is 7.51. The molecule has 0 atom stereocenters. The normalized spacial score (nSPS) is 15.5. The van der Waals surface area contributed by atoms with Gasteiger partial charge in [-0.1, -0.05) is 11.6 Å². The number of halogens is 1. The number of nitrogens with one attached hydrogen (secondary N) is 2. The van der Waals surface area contributed by atoms with Crippen LogP contribution in [0.1, 0.15) is 12.0 Å². The van der Waals surface area contributed by atoms with Crippen molar-refractivity contribution >= 4 is 17.5 Å². The van der Waals surface area contributed by atoms with E-state index in [4.69, 9.17) is 21.1 Å². The maximum absolute atomic E-state index is 11.7. The number of benzene rings is 1. The van der Waals surface area contributed by atoms with E-state index in [9.17, 15) is 4.79 Å². The zero-order valence-electron chi connectivity index (χ0n) is 13.0. The van der Waals surface area contributed by atoms with E-state index >= 15 is 0 Å². The van der Waals surface area contributed by atoms with Gasteiger partial charge in [0, 0.05) is 18.0 Å². The number of carbonyl (C=O) groups excluding carboxylic acids is 1. The summed E-state index contributed by atoms with van der Waals surface area (Å²) in [4.78, 5) is 13.3. The molecule has 1 aromatic carbocycles. The highest BCUT2D eigenvalue weighted by atomic mass is 35.5. The summed E-state index contributed by atoms with van der Waals surface area (Å²) >= 11 is 5.95. The predicted octanol–water partition coefficient (Wildman–Crippen LogP) is 0.449. The van der Waals surface area contributed by atoms with Gasteiger partial charge in [-0.25, -0.2) is 0 Å². The molecule has 1 amide bonds. The summed E-state index contributed by atoms with van der Waals surface area (Å²) in [6, 6.07) is 5.37. The Morgan fingerprint density at radius 3 is 2.91 bits per heavy atom. The van der Waals surface area contributed by atoms with E-state index in [2.05, 4.69) is 5.32 Å². The molecule has 1 heterocycles. The summed E-state index contributed by atoms with van der Waals surface area (Å²) in [7, 11) is 0. The van der Waals surface area contributed by atoms with Gasteiger partial charge in [0.05, 0.1) is 19.8 Å². The van der Waals surface area contributed by atoms with Gasteiger partial charge in [-0.3, -0.25) is 4.79 Å². The lowest BCUT2D eigenvalue weighted by molar-refractivity contribution is -0.908. The van der Waals surface area contributed by atoms with E-state index in [1.165, 1.54) is 0 Å². The first-order valence-corrected chi connectivity index (χ1v) is 8.10. The number of amides is 1. The molecule has 0 aliphatic carbocycles.